The van der Waals surface area contributed by atoms with E-state index < -0.39 is 0 Å². The number of nitrogens with zero attached hydrogens (tertiary/aromatic N) is 2. The third kappa shape index (κ3) is 3.95. The van der Waals surface area contributed by atoms with Crippen molar-refractivity contribution in [1.29, 1.82) is 0 Å². The summed E-state index contributed by atoms with van der Waals surface area (Å²) < 4.78 is 7.11. The molecule has 5 heteroatoms. The highest BCUT2D eigenvalue weighted by molar-refractivity contribution is 6.00. The van der Waals surface area contributed by atoms with Crippen LogP contribution in [0.3, 0.4) is 0 Å². The average Bonchev–Trinajstić information content (AvgIpc) is 3.21. The summed E-state index contributed by atoms with van der Waals surface area (Å²) in [6, 6.07) is 18.8. The molecule has 0 aliphatic rings. The molecule has 1 aromatic heterocycles. The van der Waals surface area contributed by atoms with Crippen molar-refractivity contribution in [3.63, 3.8) is 0 Å². The quantitative estimate of drug-likeness (QED) is 0.572. The molecular formula is C20H19N3O2. The van der Waals surface area contributed by atoms with Crippen LogP contribution in [0.1, 0.15) is 22.8 Å². The highest BCUT2D eigenvalue weighted by atomic mass is 16.5. The average molecular weight is 333 g/mol. The molecule has 126 valence electrons. The molecule has 0 bridgehead atoms. The monoisotopic (exact) mass is 333 g/mol. The fourth-order valence-electron chi connectivity index (χ4n) is 2.39. The Morgan fingerprint density at radius 1 is 0.960 bits per heavy atom. The summed E-state index contributed by atoms with van der Waals surface area (Å²) in [6.45, 7) is 1.84. The van der Waals surface area contributed by atoms with Crippen LogP contribution in [0.2, 0.25) is 0 Å². The number of carbonyl (C=O) groups is 1. The van der Waals surface area contributed by atoms with Gasteiger partial charge in [-0.3, -0.25) is 4.79 Å². The Morgan fingerprint density at radius 2 is 1.56 bits per heavy atom. The maximum Gasteiger partial charge on any atom is 0.271 e. The van der Waals surface area contributed by atoms with E-state index in [1.54, 1.807) is 19.2 Å². The molecule has 0 aliphatic carbocycles. The van der Waals surface area contributed by atoms with Crippen molar-refractivity contribution in [3.05, 3.63) is 84.2 Å². The third-order valence-corrected chi connectivity index (χ3v) is 3.87. The SMILES string of the molecule is COc1ccc(C(C)=NNC(=O)c2ccc(-n3cccc3)cc2)cc1. The number of nitrogens with one attached hydrogen (secondary N) is 1. The van der Waals surface area contributed by atoms with Gasteiger partial charge in [0, 0.05) is 23.6 Å². The van der Waals surface area contributed by atoms with Gasteiger partial charge in [-0.25, -0.2) is 5.43 Å². The van der Waals surface area contributed by atoms with Crippen LogP contribution in [-0.4, -0.2) is 23.3 Å². The van der Waals surface area contributed by atoms with Gasteiger partial charge in [-0.15, -0.1) is 0 Å². The molecule has 1 amide bonds. The zero-order valence-corrected chi connectivity index (χ0v) is 14.1. The van der Waals surface area contributed by atoms with Crippen molar-refractivity contribution in [3.8, 4) is 11.4 Å². The minimum Gasteiger partial charge on any atom is -0.497 e. The number of hydrogen-bond acceptors (Lipinski definition) is 3. The first kappa shape index (κ1) is 16.5. The molecule has 1 N–H and O–H groups in total. The van der Waals surface area contributed by atoms with Gasteiger partial charge < -0.3 is 9.30 Å². The zero-order valence-electron chi connectivity index (χ0n) is 14.1. The Morgan fingerprint density at radius 3 is 2.16 bits per heavy atom. The van der Waals surface area contributed by atoms with E-state index >= 15 is 0 Å². The van der Waals surface area contributed by atoms with Crippen LogP contribution in [-0.2, 0) is 0 Å². The summed E-state index contributed by atoms with van der Waals surface area (Å²) in [4.78, 5) is 12.2. The first-order valence-electron chi connectivity index (χ1n) is 7.90. The summed E-state index contributed by atoms with van der Waals surface area (Å²) in [7, 11) is 1.62. The first-order chi connectivity index (χ1) is 12.2. The number of benzene rings is 2. The predicted octanol–water partition coefficient (Wildman–Crippen LogP) is 3.64. The number of hydrogen-bond donors (Lipinski definition) is 1. The molecule has 0 unspecified atom stereocenters. The molecule has 3 aromatic rings. The fourth-order valence-corrected chi connectivity index (χ4v) is 2.39. The molecule has 0 spiro atoms. The predicted molar refractivity (Wildman–Crippen MR) is 98.4 cm³/mol. The topological polar surface area (TPSA) is 55.6 Å². The summed E-state index contributed by atoms with van der Waals surface area (Å²) in [5.41, 5.74) is 5.79. The minimum atomic E-state index is -0.244. The van der Waals surface area contributed by atoms with Crippen LogP contribution in [0, 0.1) is 0 Å². The Balaban J connectivity index is 1.66. The lowest BCUT2D eigenvalue weighted by Crippen LogP contribution is -2.19. The molecule has 0 radical (unpaired) electrons. The van der Waals surface area contributed by atoms with Crippen LogP contribution >= 0.6 is 0 Å². The van der Waals surface area contributed by atoms with Gasteiger partial charge in [0.15, 0.2) is 0 Å². The van der Waals surface area contributed by atoms with Gasteiger partial charge in [0.05, 0.1) is 12.8 Å². The van der Waals surface area contributed by atoms with Crippen LogP contribution < -0.4 is 10.2 Å². The van der Waals surface area contributed by atoms with Crippen molar-refractivity contribution < 1.29 is 9.53 Å². The summed E-state index contributed by atoms with van der Waals surface area (Å²) in [6.07, 6.45) is 3.91. The zero-order chi connectivity index (χ0) is 17.6. The number of aromatic nitrogens is 1. The van der Waals surface area contributed by atoms with Gasteiger partial charge in [-0.05, 0) is 73.2 Å². The van der Waals surface area contributed by atoms with Crippen LogP contribution in [0.4, 0.5) is 0 Å². The highest BCUT2D eigenvalue weighted by Gasteiger charge is 2.06. The van der Waals surface area contributed by atoms with E-state index in [0.717, 1.165) is 22.7 Å². The van der Waals surface area contributed by atoms with Gasteiger partial charge in [-0.2, -0.15) is 5.10 Å². The smallest absolute Gasteiger partial charge is 0.271 e. The third-order valence-electron chi connectivity index (χ3n) is 3.87. The summed E-state index contributed by atoms with van der Waals surface area (Å²) in [5, 5.41) is 4.17. The molecule has 5 nitrogen and oxygen atoms in total. The lowest BCUT2D eigenvalue weighted by molar-refractivity contribution is 0.0955. The van der Waals surface area contributed by atoms with Crippen molar-refractivity contribution >= 4 is 11.6 Å². The van der Waals surface area contributed by atoms with E-state index in [2.05, 4.69) is 10.5 Å². The minimum absolute atomic E-state index is 0.244. The lowest BCUT2D eigenvalue weighted by atomic mass is 10.1. The van der Waals surface area contributed by atoms with E-state index in [4.69, 9.17) is 4.74 Å². The number of hydrazone groups is 1. The van der Waals surface area contributed by atoms with Gasteiger partial charge in [0.25, 0.3) is 5.91 Å². The number of rotatable bonds is 5. The van der Waals surface area contributed by atoms with Gasteiger partial charge in [0.1, 0.15) is 5.75 Å². The van der Waals surface area contributed by atoms with Gasteiger partial charge in [-0.1, -0.05) is 0 Å². The van der Waals surface area contributed by atoms with Gasteiger partial charge >= 0.3 is 0 Å². The summed E-state index contributed by atoms with van der Waals surface area (Å²) in [5.74, 6) is 0.537. The number of methoxy groups -OCH3 is 1. The fraction of sp³-hybridized carbons (Fsp3) is 0.100. The molecular weight excluding hydrogens is 314 g/mol. The van der Waals surface area contributed by atoms with Gasteiger partial charge in [0.2, 0.25) is 0 Å². The maximum atomic E-state index is 12.2. The van der Waals surface area contributed by atoms with E-state index in [9.17, 15) is 4.79 Å². The van der Waals surface area contributed by atoms with Crippen molar-refractivity contribution in [2.24, 2.45) is 5.10 Å². The largest absolute Gasteiger partial charge is 0.497 e. The first-order valence-corrected chi connectivity index (χ1v) is 7.90. The lowest BCUT2D eigenvalue weighted by Gasteiger charge is -2.06. The molecule has 0 fully saturated rings. The molecule has 25 heavy (non-hydrogen) atoms. The number of ether oxygens (including phenoxy) is 1. The standard InChI is InChI=1S/C20H19N3O2/c1-15(16-7-11-19(25-2)12-8-16)21-22-20(24)17-5-9-18(10-6-17)23-13-3-4-14-23/h3-14H,1-2H3,(H,22,24). The Labute approximate surface area is 146 Å². The molecule has 0 aliphatic heterocycles. The maximum absolute atomic E-state index is 12.2. The second-order valence-corrected chi connectivity index (χ2v) is 5.50. The molecule has 2 aromatic carbocycles. The highest BCUT2D eigenvalue weighted by Crippen LogP contribution is 2.12. The second kappa shape index (κ2) is 7.49. The molecule has 0 atom stereocenters. The number of amides is 1. The Hall–Kier alpha value is -3.34. The van der Waals surface area contributed by atoms with E-state index in [0.29, 0.717) is 5.56 Å². The molecule has 1 heterocycles. The number of carbonyl (C=O) groups excluding carboxylic acids is 1. The Kier molecular flexibility index (Phi) is 4.95. The Bertz CT molecular complexity index is 864. The van der Waals surface area contributed by atoms with E-state index in [1.165, 1.54) is 0 Å². The van der Waals surface area contributed by atoms with Crippen molar-refractivity contribution in [2.75, 3.05) is 7.11 Å². The normalized spacial score (nSPS) is 11.2. The summed E-state index contributed by atoms with van der Waals surface area (Å²) >= 11 is 0. The second-order valence-electron chi connectivity index (χ2n) is 5.50. The van der Waals surface area contributed by atoms with Crippen molar-refractivity contribution in [2.45, 2.75) is 6.92 Å². The van der Waals surface area contributed by atoms with Crippen LogP contribution in [0.25, 0.3) is 5.69 Å². The van der Waals surface area contributed by atoms with E-state index in [-0.39, 0.29) is 5.91 Å². The molecule has 0 saturated carbocycles. The van der Waals surface area contributed by atoms with Crippen LogP contribution in [0.5, 0.6) is 5.75 Å². The van der Waals surface area contributed by atoms with Crippen molar-refractivity contribution in [1.82, 2.24) is 9.99 Å². The molecule has 0 saturated heterocycles. The van der Waals surface area contributed by atoms with Crippen LogP contribution in [0.15, 0.2) is 78.2 Å². The molecule has 3 rings (SSSR count). The van der Waals surface area contributed by atoms with E-state index in [1.807, 2.05) is 72.4 Å².